The van der Waals surface area contributed by atoms with E-state index in [0.717, 1.165) is 18.5 Å². The Bertz CT molecular complexity index is 446. The molecule has 2 aliphatic rings. The first-order chi connectivity index (χ1) is 8.72. The minimum absolute atomic E-state index is 0.224. The fourth-order valence-corrected chi connectivity index (χ4v) is 2.74. The van der Waals surface area contributed by atoms with Gasteiger partial charge in [-0.05, 0) is 31.4 Å². The SMILES string of the molecule is O=C(O)c1ccc(CNC2CC3CCC2O3)nc1. The summed E-state index contributed by atoms with van der Waals surface area (Å²) in [5.74, 6) is -0.941. The molecular formula is C13H16N2O3. The maximum absolute atomic E-state index is 10.7. The van der Waals surface area contributed by atoms with Crippen LogP contribution in [-0.4, -0.2) is 34.3 Å². The van der Waals surface area contributed by atoms with Crippen molar-refractivity contribution in [3.63, 3.8) is 0 Å². The lowest BCUT2D eigenvalue weighted by Gasteiger charge is -2.19. The average Bonchev–Trinajstić information content (AvgIpc) is 2.99. The smallest absolute Gasteiger partial charge is 0.337 e. The zero-order valence-electron chi connectivity index (χ0n) is 10.0. The van der Waals surface area contributed by atoms with Crippen LogP contribution in [0.25, 0.3) is 0 Å². The van der Waals surface area contributed by atoms with Crippen molar-refractivity contribution in [2.75, 3.05) is 0 Å². The van der Waals surface area contributed by atoms with Crippen LogP contribution in [0, 0.1) is 0 Å². The molecule has 2 fully saturated rings. The molecule has 3 unspecified atom stereocenters. The zero-order valence-corrected chi connectivity index (χ0v) is 10.0. The van der Waals surface area contributed by atoms with E-state index in [1.807, 2.05) is 0 Å². The number of carbonyl (C=O) groups is 1. The Balaban J connectivity index is 1.55. The predicted octanol–water partition coefficient (Wildman–Crippen LogP) is 1.19. The van der Waals surface area contributed by atoms with E-state index in [9.17, 15) is 4.79 Å². The molecule has 0 radical (unpaired) electrons. The highest BCUT2D eigenvalue weighted by atomic mass is 16.5. The number of pyridine rings is 1. The highest BCUT2D eigenvalue weighted by molar-refractivity contribution is 5.87. The molecule has 2 bridgehead atoms. The van der Waals surface area contributed by atoms with Crippen molar-refractivity contribution < 1.29 is 14.6 Å². The van der Waals surface area contributed by atoms with E-state index in [2.05, 4.69) is 10.3 Å². The van der Waals surface area contributed by atoms with Gasteiger partial charge in [-0.15, -0.1) is 0 Å². The number of aromatic nitrogens is 1. The Kier molecular flexibility index (Phi) is 3.01. The lowest BCUT2D eigenvalue weighted by molar-refractivity contribution is 0.0696. The van der Waals surface area contributed by atoms with E-state index in [1.165, 1.54) is 12.6 Å². The van der Waals surface area contributed by atoms with Gasteiger partial charge in [0.1, 0.15) is 0 Å². The van der Waals surface area contributed by atoms with Gasteiger partial charge < -0.3 is 15.2 Å². The Morgan fingerprint density at radius 3 is 2.94 bits per heavy atom. The van der Waals surface area contributed by atoms with Gasteiger partial charge in [0.05, 0.1) is 23.5 Å². The summed E-state index contributed by atoms with van der Waals surface area (Å²) in [6.45, 7) is 0.664. The first-order valence-corrected chi connectivity index (χ1v) is 6.29. The largest absolute Gasteiger partial charge is 0.478 e. The predicted molar refractivity (Wildman–Crippen MR) is 64.3 cm³/mol. The second-order valence-electron chi connectivity index (χ2n) is 4.94. The molecule has 0 aromatic carbocycles. The van der Waals surface area contributed by atoms with Crippen LogP contribution in [0.5, 0.6) is 0 Å². The number of aromatic carboxylic acids is 1. The molecule has 2 aliphatic heterocycles. The first-order valence-electron chi connectivity index (χ1n) is 6.29. The molecule has 0 amide bonds. The molecule has 0 saturated carbocycles. The molecule has 3 atom stereocenters. The molecule has 0 aliphatic carbocycles. The highest BCUT2D eigenvalue weighted by Gasteiger charge is 2.40. The number of hydrogen-bond acceptors (Lipinski definition) is 4. The third-order valence-corrected chi connectivity index (χ3v) is 3.72. The standard InChI is InChI=1S/C13H16N2O3/c16-13(17)8-1-2-9(14-6-8)7-15-11-5-10-3-4-12(11)18-10/h1-2,6,10-12,15H,3-5,7H2,(H,16,17). The monoisotopic (exact) mass is 248 g/mol. The first kappa shape index (κ1) is 11.6. The minimum atomic E-state index is -0.941. The van der Waals surface area contributed by atoms with Crippen LogP contribution in [0.2, 0.25) is 0 Å². The summed E-state index contributed by atoms with van der Waals surface area (Å²) < 4.78 is 5.76. The van der Waals surface area contributed by atoms with E-state index in [1.54, 1.807) is 12.1 Å². The maximum Gasteiger partial charge on any atom is 0.337 e. The number of nitrogens with one attached hydrogen (secondary N) is 1. The molecule has 5 nitrogen and oxygen atoms in total. The molecular weight excluding hydrogens is 232 g/mol. The van der Waals surface area contributed by atoms with E-state index in [4.69, 9.17) is 9.84 Å². The molecule has 1 aromatic rings. The van der Waals surface area contributed by atoms with Gasteiger partial charge in [0.25, 0.3) is 0 Å². The third-order valence-electron chi connectivity index (χ3n) is 3.72. The average molecular weight is 248 g/mol. The van der Waals surface area contributed by atoms with Gasteiger partial charge >= 0.3 is 5.97 Å². The van der Waals surface area contributed by atoms with Crippen LogP contribution >= 0.6 is 0 Å². The van der Waals surface area contributed by atoms with Gasteiger partial charge in [-0.25, -0.2) is 4.79 Å². The fraction of sp³-hybridized carbons (Fsp3) is 0.538. The Morgan fingerprint density at radius 2 is 2.39 bits per heavy atom. The van der Waals surface area contributed by atoms with Crippen molar-refractivity contribution >= 4 is 5.97 Å². The lowest BCUT2D eigenvalue weighted by atomic mass is 9.95. The molecule has 18 heavy (non-hydrogen) atoms. The maximum atomic E-state index is 10.7. The van der Waals surface area contributed by atoms with Gasteiger partial charge in [0, 0.05) is 18.8 Å². The molecule has 3 rings (SSSR count). The van der Waals surface area contributed by atoms with Crippen molar-refractivity contribution in [3.05, 3.63) is 29.6 Å². The van der Waals surface area contributed by atoms with E-state index >= 15 is 0 Å². The summed E-state index contributed by atoms with van der Waals surface area (Å²) in [6, 6.07) is 3.76. The molecule has 3 heterocycles. The van der Waals surface area contributed by atoms with Gasteiger partial charge in [-0.2, -0.15) is 0 Å². The van der Waals surface area contributed by atoms with Crippen LogP contribution in [0.3, 0.4) is 0 Å². The van der Waals surface area contributed by atoms with E-state index < -0.39 is 5.97 Å². The summed E-state index contributed by atoms with van der Waals surface area (Å²) in [5.41, 5.74) is 1.09. The van der Waals surface area contributed by atoms with Crippen molar-refractivity contribution in [1.82, 2.24) is 10.3 Å². The second-order valence-corrected chi connectivity index (χ2v) is 4.94. The van der Waals surface area contributed by atoms with E-state index in [0.29, 0.717) is 24.8 Å². The van der Waals surface area contributed by atoms with Gasteiger partial charge in [-0.1, -0.05) is 0 Å². The van der Waals surface area contributed by atoms with Crippen molar-refractivity contribution in [3.8, 4) is 0 Å². The van der Waals surface area contributed by atoms with Crippen molar-refractivity contribution in [1.29, 1.82) is 0 Å². The summed E-state index contributed by atoms with van der Waals surface area (Å²) in [6.07, 6.45) is 5.61. The topological polar surface area (TPSA) is 71.5 Å². The zero-order chi connectivity index (χ0) is 12.5. The number of hydrogen-bond donors (Lipinski definition) is 2. The van der Waals surface area contributed by atoms with Crippen LogP contribution in [-0.2, 0) is 11.3 Å². The van der Waals surface area contributed by atoms with Gasteiger partial charge in [0.2, 0.25) is 0 Å². The quantitative estimate of drug-likeness (QED) is 0.837. The number of carboxylic acids is 1. The summed E-state index contributed by atoms with van der Waals surface area (Å²) in [7, 11) is 0. The molecule has 5 heteroatoms. The molecule has 2 N–H and O–H groups in total. The van der Waals surface area contributed by atoms with Gasteiger partial charge in [-0.3, -0.25) is 4.98 Å². The number of ether oxygens (including phenoxy) is 1. The van der Waals surface area contributed by atoms with Crippen LogP contribution in [0.4, 0.5) is 0 Å². The summed E-state index contributed by atoms with van der Waals surface area (Å²) >= 11 is 0. The van der Waals surface area contributed by atoms with Crippen molar-refractivity contribution in [2.24, 2.45) is 0 Å². The third kappa shape index (κ3) is 2.23. The molecule has 0 spiro atoms. The van der Waals surface area contributed by atoms with Crippen LogP contribution in [0.15, 0.2) is 18.3 Å². The Hall–Kier alpha value is -1.46. The van der Waals surface area contributed by atoms with Crippen molar-refractivity contribution in [2.45, 2.75) is 44.1 Å². The number of nitrogens with zero attached hydrogens (tertiary/aromatic N) is 1. The minimum Gasteiger partial charge on any atom is -0.478 e. The second kappa shape index (κ2) is 4.66. The van der Waals surface area contributed by atoms with Gasteiger partial charge in [0.15, 0.2) is 0 Å². The van der Waals surface area contributed by atoms with Crippen LogP contribution < -0.4 is 5.32 Å². The Morgan fingerprint density at radius 1 is 1.50 bits per heavy atom. The lowest BCUT2D eigenvalue weighted by Crippen LogP contribution is -2.37. The molecule has 1 aromatic heterocycles. The summed E-state index contributed by atoms with van der Waals surface area (Å²) in [4.78, 5) is 14.8. The van der Waals surface area contributed by atoms with Crippen LogP contribution in [0.1, 0.15) is 35.3 Å². The van der Waals surface area contributed by atoms with E-state index in [-0.39, 0.29) is 5.56 Å². The normalized spacial score (nSPS) is 29.7. The molecule has 2 saturated heterocycles. The molecule has 96 valence electrons. The number of rotatable bonds is 4. The number of fused-ring (bicyclic) bond motifs is 2. The highest BCUT2D eigenvalue weighted by Crippen LogP contribution is 2.34. The number of carboxylic acid groups (broad SMARTS) is 1. The Labute approximate surface area is 105 Å². The fourth-order valence-electron chi connectivity index (χ4n) is 2.74. The summed E-state index contributed by atoms with van der Waals surface area (Å²) in [5, 5.41) is 12.2.